The van der Waals surface area contributed by atoms with Gasteiger partial charge in [0.15, 0.2) is 5.13 Å². The number of rotatable bonds is 5. The minimum absolute atomic E-state index is 0.0391. The molecule has 122 valence electrons. The molecule has 9 heteroatoms. The average molecular weight is 351 g/mol. The maximum absolute atomic E-state index is 12.1. The Kier molecular flexibility index (Phi) is 4.97. The molecule has 2 N–H and O–H groups in total. The van der Waals surface area contributed by atoms with Gasteiger partial charge in [-0.05, 0) is 19.8 Å². The number of nitrogens with zero attached hydrogens (tertiary/aromatic N) is 3. The molecular formula is C14H17N5O2S2. The molecule has 3 rings (SSSR count). The third kappa shape index (κ3) is 4.32. The van der Waals surface area contributed by atoms with E-state index in [0.717, 1.165) is 30.7 Å². The van der Waals surface area contributed by atoms with Crippen LogP contribution in [-0.2, 0) is 16.0 Å². The van der Waals surface area contributed by atoms with Crippen LogP contribution in [0.25, 0.3) is 0 Å². The van der Waals surface area contributed by atoms with Gasteiger partial charge in [-0.3, -0.25) is 9.59 Å². The van der Waals surface area contributed by atoms with E-state index < -0.39 is 0 Å². The van der Waals surface area contributed by atoms with Crippen molar-refractivity contribution < 1.29 is 9.59 Å². The summed E-state index contributed by atoms with van der Waals surface area (Å²) in [6.45, 7) is 1.83. The fourth-order valence-electron chi connectivity index (χ4n) is 2.52. The molecule has 0 aromatic carbocycles. The second-order valence-electron chi connectivity index (χ2n) is 5.47. The fourth-order valence-corrected chi connectivity index (χ4v) is 3.84. The van der Waals surface area contributed by atoms with Gasteiger partial charge in [-0.25, -0.2) is 4.98 Å². The molecule has 0 aliphatic heterocycles. The summed E-state index contributed by atoms with van der Waals surface area (Å²) in [6.07, 6.45) is 4.29. The number of carbonyl (C=O) groups excluding carboxylic acids is 2. The van der Waals surface area contributed by atoms with Crippen molar-refractivity contribution in [3.05, 3.63) is 16.1 Å². The van der Waals surface area contributed by atoms with Crippen molar-refractivity contribution in [3.63, 3.8) is 0 Å². The van der Waals surface area contributed by atoms with E-state index in [4.69, 9.17) is 0 Å². The summed E-state index contributed by atoms with van der Waals surface area (Å²) >= 11 is 2.67. The molecule has 1 fully saturated rings. The quantitative estimate of drug-likeness (QED) is 0.863. The van der Waals surface area contributed by atoms with Crippen molar-refractivity contribution in [2.75, 3.05) is 10.6 Å². The van der Waals surface area contributed by atoms with Crippen LogP contribution in [0, 0.1) is 12.8 Å². The molecule has 1 aliphatic carbocycles. The van der Waals surface area contributed by atoms with Crippen molar-refractivity contribution >= 4 is 44.8 Å². The zero-order chi connectivity index (χ0) is 16.2. The van der Waals surface area contributed by atoms with Crippen molar-refractivity contribution in [3.8, 4) is 0 Å². The van der Waals surface area contributed by atoms with Crippen LogP contribution in [0.1, 0.15) is 36.4 Å². The van der Waals surface area contributed by atoms with Crippen molar-refractivity contribution in [2.45, 2.75) is 39.0 Å². The molecule has 2 aromatic rings. The zero-order valence-electron chi connectivity index (χ0n) is 12.7. The molecule has 0 bridgehead atoms. The van der Waals surface area contributed by atoms with Gasteiger partial charge in [0.25, 0.3) is 0 Å². The van der Waals surface area contributed by atoms with Gasteiger partial charge in [0.1, 0.15) is 5.01 Å². The molecule has 1 aliphatic rings. The highest BCUT2D eigenvalue weighted by Gasteiger charge is 2.23. The predicted octanol–water partition coefficient (Wildman–Crippen LogP) is 2.61. The van der Waals surface area contributed by atoms with Crippen LogP contribution < -0.4 is 10.6 Å². The molecule has 1 saturated carbocycles. The first kappa shape index (κ1) is 16.0. The second kappa shape index (κ2) is 7.14. The van der Waals surface area contributed by atoms with Crippen LogP contribution in [0.3, 0.4) is 0 Å². The van der Waals surface area contributed by atoms with Gasteiger partial charge in [-0.15, -0.1) is 21.5 Å². The smallest absolute Gasteiger partial charge is 0.232 e. The maximum atomic E-state index is 12.1. The lowest BCUT2D eigenvalue weighted by atomic mass is 10.1. The number of thiazole rings is 1. The van der Waals surface area contributed by atoms with Crippen LogP contribution in [0.5, 0.6) is 0 Å². The summed E-state index contributed by atoms with van der Waals surface area (Å²) in [5.74, 6) is -0.0522. The summed E-state index contributed by atoms with van der Waals surface area (Å²) in [7, 11) is 0. The number of hydrogen-bond acceptors (Lipinski definition) is 7. The van der Waals surface area contributed by atoms with E-state index in [0.29, 0.717) is 16.0 Å². The van der Waals surface area contributed by atoms with Crippen molar-refractivity contribution in [2.24, 2.45) is 5.92 Å². The van der Waals surface area contributed by atoms with E-state index in [1.807, 2.05) is 6.92 Å². The standard InChI is InChI=1S/C14H17N5O2S2/c1-8-18-19-14(23-8)16-11(20)6-10-7-22-13(15-10)17-12(21)9-4-2-3-5-9/h7,9H,2-6H2,1H3,(H,15,17,21)(H,16,19,20). The average Bonchev–Trinajstić information content (AvgIpc) is 3.21. The topological polar surface area (TPSA) is 96.9 Å². The molecule has 0 saturated heterocycles. The molecule has 2 heterocycles. The third-order valence-corrected chi connectivity index (χ3v) is 5.18. The van der Waals surface area contributed by atoms with E-state index >= 15 is 0 Å². The molecule has 23 heavy (non-hydrogen) atoms. The van der Waals surface area contributed by atoms with Crippen LogP contribution in [-0.4, -0.2) is 27.0 Å². The molecule has 0 spiro atoms. The highest BCUT2D eigenvalue weighted by molar-refractivity contribution is 7.15. The van der Waals surface area contributed by atoms with Crippen LogP contribution in [0.2, 0.25) is 0 Å². The van der Waals surface area contributed by atoms with E-state index in [1.54, 1.807) is 5.38 Å². The number of amides is 2. The Balaban J connectivity index is 1.52. The summed E-state index contributed by atoms with van der Waals surface area (Å²) in [5, 5.41) is 16.8. The number of nitrogens with one attached hydrogen (secondary N) is 2. The first-order valence-electron chi connectivity index (χ1n) is 7.45. The van der Waals surface area contributed by atoms with Gasteiger partial charge in [-0.1, -0.05) is 24.2 Å². The molecule has 2 amide bonds. The van der Waals surface area contributed by atoms with Crippen LogP contribution >= 0.6 is 22.7 Å². The number of carbonyl (C=O) groups is 2. The molecule has 2 aromatic heterocycles. The summed E-state index contributed by atoms with van der Waals surface area (Å²) in [5.41, 5.74) is 0.635. The summed E-state index contributed by atoms with van der Waals surface area (Å²) in [4.78, 5) is 28.3. The highest BCUT2D eigenvalue weighted by Crippen LogP contribution is 2.26. The number of aromatic nitrogens is 3. The van der Waals surface area contributed by atoms with Gasteiger partial charge in [0, 0.05) is 11.3 Å². The Morgan fingerprint density at radius 2 is 2.00 bits per heavy atom. The lowest BCUT2D eigenvalue weighted by Gasteiger charge is -2.07. The van der Waals surface area contributed by atoms with E-state index in [2.05, 4.69) is 25.8 Å². The lowest BCUT2D eigenvalue weighted by molar-refractivity contribution is -0.119. The number of anilines is 2. The van der Waals surface area contributed by atoms with E-state index in [1.165, 1.54) is 22.7 Å². The van der Waals surface area contributed by atoms with E-state index in [-0.39, 0.29) is 24.2 Å². The van der Waals surface area contributed by atoms with E-state index in [9.17, 15) is 9.59 Å². The Morgan fingerprint density at radius 1 is 1.22 bits per heavy atom. The van der Waals surface area contributed by atoms with Crippen molar-refractivity contribution in [1.29, 1.82) is 0 Å². The highest BCUT2D eigenvalue weighted by atomic mass is 32.1. The normalized spacial score (nSPS) is 14.8. The first-order valence-corrected chi connectivity index (χ1v) is 9.15. The third-order valence-electron chi connectivity index (χ3n) is 3.62. The molecule has 0 atom stereocenters. The van der Waals surface area contributed by atoms with Crippen LogP contribution in [0.4, 0.5) is 10.3 Å². The Labute approximate surface area is 141 Å². The second-order valence-corrected chi connectivity index (χ2v) is 7.51. The van der Waals surface area contributed by atoms with Gasteiger partial charge in [0.2, 0.25) is 16.9 Å². The molecule has 0 unspecified atom stereocenters. The Hall–Kier alpha value is -1.87. The Morgan fingerprint density at radius 3 is 2.70 bits per heavy atom. The first-order chi connectivity index (χ1) is 11.1. The maximum Gasteiger partial charge on any atom is 0.232 e. The molecule has 0 radical (unpaired) electrons. The minimum atomic E-state index is -0.194. The minimum Gasteiger partial charge on any atom is -0.302 e. The number of hydrogen-bond donors (Lipinski definition) is 2. The molecule has 7 nitrogen and oxygen atoms in total. The SMILES string of the molecule is Cc1nnc(NC(=O)Cc2csc(NC(=O)C3CCCC3)n2)s1. The Bertz CT molecular complexity index is 706. The van der Waals surface area contributed by atoms with Crippen molar-refractivity contribution in [1.82, 2.24) is 15.2 Å². The zero-order valence-corrected chi connectivity index (χ0v) is 14.3. The largest absolute Gasteiger partial charge is 0.302 e. The monoisotopic (exact) mass is 351 g/mol. The molecular weight excluding hydrogens is 334 g/mol. The summed E-state index contributed by atoms with van der Waals surface area (Å²) < 4.78 is 0. The lowest BCUT2D eigenvalue weighted by Crippen LogP contribution is -2.20. The number of aryl methyl sites for hydroxylation is 1. The fraction of sp³-hybridized carbons (Fsp3) is 0.500. The summed E-state index contributed by atoms with van der Waals surface area (Å²) in [6, 6.07) is 0. The van der Waals surface area contributed by atoms with Gasteiger partial charge >= 0.3 is 0 Å². The predicted molar refractivity (Wildman–Crippen MR) is 89.7 cm³/mol. The van der Waals surface area contributed by atoms with Gasteiger partial charge in [0.05, 0.1) is 12.1 Å². The van der Waals surface area contributed by atoms with Gasteiger partial charge in [-0.2, -0.15) is 0 Å². The van der Waals surface area contributed by atoms with Crippen LogP contribution in [0.15, 0.2) is 5.38 Å². The van der Waals surface area contributed by atoms with Gasteiger partial charge < -0.3 is 10.6 Å².